The third-order valence-electron chi connectivity index (χ3n) is 4.10. The first-order valence-corrected chi connectivity index (χ1v) is 9.05. The van der Waals surface area contributed by atoms with E-state index in [0.717, 1.165) is 18.6 Å². The Labute approximate surface area is 147 Å². The van der Waals surface area contributed by atoms with Crippen molar-refractivity contribution in [3.63, 3.8) is 0 Å². The largest absolute Gasteiger partial charge is 0.349 e. The summed E-state index contributed by atoms with van der Waals surface area (Å²) in [6.07, 6.45) is 3.33. The van der Waals surface area contributed by atoms with Crippen molar-refractivity contribution < 1.29 is 9.59 Å². The molecule has 2 heterocycles. The predicted octanol–water partition coefficient (Wildman–Crippen LogP) is 1.49. The van der Waals surface area contributed by atoms with Crippen molar-refractivity contribution >= 4 is 29.3 Å². The summed E-state index contributed by atoms with van der Waals surface area (Å²) in [4.78, 5) is 41.1. The molecule has 8 heteroatoms. The Hall–Kier alpha value is -2.61. The highest BCUT2D eigenvalue weighted by Gasteiger charge is 2.24. The fourth-order valence-electron chi connectivity index (χ4n) is 2.61. The van der Waals surface area contributed by atoms with E-state index in [9.17, 15) is 14.4 Å². The van der Waals surface area contributed by atoms with Gasteiger partial charge in [0.25, 0.3) is 17.4 Å². The monoisotopic (exact) mass is 356 g/mol. The Kier molecular flexibility index (Phi) is 4.04. The quantitative estimate of drug-likeness (QED) is 0.810. The molecule has 2 aromatic rings. The number of nitrogens with zero attached hydrogens (tertiary/aromatic N) is 2. The normalized spacial score (nSPS) is 15.5. The average Bonchev–Trinajstić information content (AvgIpc) is 3.28. The highest BCUT2D eigenvalue weighted by atomic mass is 32.2. The Morgan fingerprint density at radius 3 is 2.88 bits per heavy atom. The standard InChI is InChI=1S/C17H16N4O3S/c22-14(19-11-4-5-11)10-2-1-3-12(8-10)20-15(23)13-9-18-17-21(16(13)24)6-7-25-17/h1-3,8-9,11H,4-7H2,(H,19,22)(H,20,23). The van der Waals surface area contributed by atoms with Gasteiger partial charge in [0.2, 0.25) is 0 Å². The summed E-state index contributed by atoms with van der Waals surface area (Å²) < 4.78 is 1.51. The molecule has 0 saturated heterocycles. The van der Waals surface area contributed by atoms with Crippen molar-refractivity contribution in [3.8, 4) is 0 Å². The van der Waals surface area contributed by atoms with Crippen LogP contribution >= 0.6 is 11.8 Å². The van der Waals surface area contributed by atoms with Gasteiger partial charge in [-0.15, -0.1) is 0 Å². The molecule has 0 atom stereocenters. The topological polar surface area (TPSA) is 93.1 Å². The van der Waals surface area contributed by atoms with Crippen molar-refractivity contribution in [1.29, 1.82) is 0 Å². The molecule has 128 valence electrons. The van der Waals surface area contributed by atoms with Crippen LogP contribution in [0.2, 0.25) is 0 Å². The summed E-state index contributed by atoms with van der Waals surface area (Å²) >= 11 is 1.50. The van der Waals surface area contributed by atoms with Crippen molar-refractivity contribution in [3.05, 3.63) is 51.9 Å². The van der Waals surface area contributed by atoms with Crippen LogP contribution in [0.1, 0.15) is 33.6 Å². The Morgan fingerprint density at radius 2 is 2.08 bits per heavy atom. The first kappa shape index (κ1) is 15.9. The molecule has 0 radical (unpaired) electrons. The lowest BCUT2D eigenvalue weighted by atomic mass is 10.2. The van der Waals surface area contributed by atoms with E-state index in [1.54, 1.807) is 24.3 Å². The summed E-state index contributed by atoms with van der Waals surface area (Å²) in [6, 6.07) is 6.93. The molecule has 1 aliphatic heterocycles. The summed E-state index contributed by atoms with van der Waals surface area (Å²) in [5, 5.41) is 6.22. The molecule has 2 aliphatic rings. The fourth-order valence-corrected chi connectivity index (χ4v) is 3.52. The lowest BCUT2D eigenvalue weighted by Gasteiger charge is -2.09. The molecule has 2 N–H and O–H groups in total. The number of rotatable bonds is 4. The van der Waals surface area contributed by atoms with Gasteiger partial charge in [-0.3, -0.25) is 19.0 Å². The highest BCUT2D eigenvalue weighted by Crippen LogP contribution is 2.21. The molecule has 1 aromatic carbocycles. The third kappa shape index (κ3) is 3.30. The van der Waals surface area contributed by atoms with E-state index < -0.39 is 5.91 Å². The summed E-state index contributed by atoms with van der Waals surface area (Å²) in [5.41, 5.74) is 0.604. The summed E-state index contributed by atoms with van der Waals surface area (Å²) in [6.45, 7) is 0.559. The second-order valence-corrected chi connectivity index (χ2v) is 7.10. The molecule has 2 amide bonds. The molecule has 1 fully saturated rings. The first-order chi connectivity index (χ1) is 12.1. The third-order valence-corrected chi connectivity index (χ3v) is 5.07. The number of aromatic nitrogens is 2. The number of amides is 2. The van der Waals surface area contributed by atoms with Crippen LogP contribution in [0.4, 0.5) is 5.69 Å². The van der Waals surface area contributed by atoms with Gasteiger partial charge in [0.15, 0.2) is 5.16 Å². The number of thioether (sulfide) groups is 1. The lowest BCUT2D eigenvalue weighted by Crippen LogP contribution is -2.29. The molecular formula is C17H16N4O3S. The highest BCUT2D eigenvalue weighted by molar-refractivity contribution is 7.99. The van der Waals surface area contributed by atoms with Gasteiger partial charge in [0, 0.05) is 35.8 Å². The van der Waals surface area contributed by atoms with Crippen LogP contribution in [-0.4, -0.2) is 33.2 Å². The van der Waals surface area contributed by atoms with Gasteiger partial charge < -0.3 is 10.6 Å². The minimum Gasteiger partial charge on any atom is -0.349 e. The second kappa shape index (κ2) is 6.36. The van der Waals surface area contributed by atoms with Crippen molar-refractivity contribution in [2.24, 2.45) is 0 Å². The smallest absolute Gasteiger partial charge is 0.267 e. The van der Waals surface area contributed by atoms with Gasteiger partial charge in [-0.05, 0) is 31.0 Å². The van der Waals surface area contributed by atoms with Gasteiger partial charge >= 0.3 is 0 Å². The van der Waals surface area contributed by atoms with Gasteiger partial charge in [-0.2, -0.15) is 0 Å². The average molecular weight is 356 g/mol. The number of carbonyl (C=O) groups is 2. The van der Waals surface area contributed by atoms with Gasteiger partial charge in [-0.25, -0.2) is 4.98 Å². The van der Waals surface area contributed by atoms with Crippen LogP contribution < -0.4 is 16.2 Å². The number of anilines is 1. The Morgan fingerprint density at radius 1 is 1.24 bits per heavy atom. The van der Waals surface area contributed by atoms with Crippen molar-refractivity contribution in [2.45, 2.75) is 30.6 Å². The zero-order valence-corrected chi connectivity index (χ0v) is 14.1. The first-order valence-electron chi connectivity index (χ1n) is 8.07. The number of hydrogen-bond acceptors (Lipinski definition) is 5. The van der Waals surface area contributed by atoms with E-state index in [-0.39, 0.29) is 23.1 Å². The van der Waals surface area contributed by atoms with Crippen LogP contribution in [0.25, 0.3) is 0 Å². The van der Waals surface area contributed by atoms with Crippen LogP contribution in [0.3, 0.4) is 0 Å². The number of fused-ring (bicyclic) bond motifs is 1. The molecule has 1 aliphatic carbocycles. The van der Waals surface area contributed by atoms with Gasteiger partial charge in [0.05, 0.1) is 0 Å². The van der Waals surface area contributed by atoms with Gasteiger partial charge in [0.1, 0.15) is 5.56 Å². The second-order valence-electron chi connectivity index (χ2n) is 6.04. The van der Waals surface area contributed by atoms with Crippen molar-refractivity contribution in [1.82, 2.24) is 14.9 Å². The predicted molar refractivity (Wildman–Crippen MR) is 94.1 cm³/mol. The van der Waals surface area contributed by atoms with E-state index in [1.165, 1.54) is 22.5 Å². The number of benzene rings is 1. The minimum atomic E-state index is -0.524. The Balaban J connectivity index is 1.53. The maximum atomic E-state index is 12.4. The molecule has 0 bridgehead atoms. The Bertz CT molecular complexity index is 920. The molecule has 0 unspecified atom stereocenters. The lowest BCUT2D eigenvalue weighted by molar-refractivity contribution is 0.0949. The maximum Gasteiger partial charge on any atom is 0.267 e. The molecule has 1 saturated carbocycles. The van der Waals surface area contributed by atoms with E-state index in [4.69, 9.17) is 0 Å². The molecule has 25 heavy (non-hydrogen) atoms. The zero-order chi connectivity index (χ0) is 17.4. The molecule has 4 rings (SSSR count). The van der Waals surface area contributed by atoms with E-state index >= 15 is 0 Å². The van der Waals surface area contributed by atoms with Crippen molar-refractivity contribution in [2.75, 3.05) is 11.1 Å². The van der Waals surface area contributed by atoms with E-state index in [2.05, 4.69) is 15.6 Å². The van der Waals surface area contributed by atoms with E-state index in [0.29, 0.717) is 23.0 Å². The molecule has 1 aromatic heterocycles. The number of carbonyl (C=O) groups excluding carboxylic acids is 2. The molecule has 7 nitrogen and oxygen atoms in total. The summed E-state index contributed by atoms with van der Waals surface area (Å²) in [5.74, 6) is 0.102. The van der Waals surface area contributed by atoms with Crippen LogP contribution in [0.15, 0.2) is 40.4 Å². The SMILES string of the molecule is O=C(NC1CC1)c1cccc(NC(=O)c2cnc3n(c2=O)CCS3)c1. The molecule has 0 spiro atoms. The fraction of sp³-hybridized carbons (Fsp3) is 0.294. The van der Waals surface area contributed by atoms with Gasteiger partial charge in [-0.1, -0.05) is 17.8 Å². The van der Waals surface area contributed by atoms with Crippen LogP contribution in [-0.2, 0) is 6.54 Å². The number of hydrogen-bond donors (Lipinski definition) is 2. The number of nitrogens with one attached hydrogen (secondary N) is 2. The molecular weight excluding hydrogens is 340 g/mol. The van der Waals surface area contributed by atoms with E-state index in [1.807, 2.05) is 0 Å². The summed E-state index contributed by atoms with van der Waals surface area (Å²) in [7, 11) is 0. The zero-order valence-electron chi connectivity index (χ0n) is 13.3. The van der Waals surface area contributed by atoms with Crippen LogP contribution in [0, 0.1) is 0 Å². The van der Waals surface area contributed by atoms with Crippen LogP contribution in [0.5, 0.6) is 0 Å². The maximum absolute atomic E-state index is 12.4. The minimum absolute atomic E-state index is 0.000847.